The maximum absolute atomic E-state index is 13.9. The van der Waals surface area contributed by atoms with Gasteiger partial charge in [0, 0.05) is 43.3 Å². The Bertz CT molecular complexity index is 1140. The molecule has 32 heavy (non-hydrogen) atoms. The zero-order chi connectivity index (χ0) is 22.1. The summed E-state index contributed by atoms with van der Waals surface area (Å²) in [4.78, 5) is 33.5. The van der Waals surface area contributed by atoms with Crippen LogP contribution in [0.25, 0.3) is 10.9 Å². The molecule has 5 rings (SSSR count). The average molecular weight is 434 g/mol. The number of aromatic nitrogens is 1. The van der Waals surface area contributed by atoms with Gasteiger partial charge in [-0.25, -0.2) is 4.39 Å². The molecule has 2 fully saturated rings. The molecule has 6 heteroatoms. The van der Waals surface area contributed by atoms with E-state index in [0.29, 0.717) is 32.6 Å². The number of rotatable bonds is 4. The Morgan fingerprint density at radius 3 is 2.41 bits per heavy atom. The van der Waals surface area contributed by atoms with Gasteiger partial charge in [-0.05, 0) is 42.2 Å². The van der Waals surface area contributed by atoms with E-state index in [4.69, 9.17) is 0 Å². The van der Waals surface area contributed by atoms with Crippen molar-refractivity contribution in [1.29, 1.82) is 0 Å². The number of benzene rings is 2. The van der Waals surface area contributed by atoms with E-state index in [2.05, 4.69) is 4.98 Å². The normalized spacial score (nSPS) is 18.3. The molecule has 166 valence electrons. The second-order valence-corrected chi connectivity index (χ2v) is 9.01. The molecular formula is C26H28FN3O2. The van der Waals surface area contributed by atoms with Gasteiger partial charge in [-0.1, -0.05) is 43.2 Å². The minimum absolute atomic E-state index is 0.0857. The predicted molar refractivity (Wildman–Crippen MR) is 122 cm³/mol. The molecule has 0 spiro atoms. The fourth-order valence-corrected chi connectivity index (χ4v) is 5.40. The van der Waals surface area contributed by atoms with Gasteiger partial charge in [0.05, 0.1) is 11.8 Å². The van der Waals surface area contributed by atoms with Crippen molar-refractivity contribution < 1.29 is 14.0 Å². The number of hydrogen-bond donors (Lipinski definition) is 1. The van der Waals surface area contributed by atoms with E-state index in [0.717, 1.165) is 47.7 Å². The minimum Gasteiger partial charge on any atom is -0.361 e. The van der Waals surface area contributed by atoms with Crippen LogP contribution in [0.1, 0.15) is 36.8 Å². The van der Waals surface area contributed by atoms with E-state index in [1.165, 1.54) is 12.1 Å². The van der Waals surface area contributed by atoms with Crippen LogP contribution in [0.4, 0.5) is 4.39 Å². The van der Waals surface area contributed by atoms with Crippen LogP contribution in [0.3, 0.4) is 0 Å². The van der Waals surface area contributed by atoms with Gasteiger partial charge in [0.25, 0.3) is 0 Å². The summed E-state index contributed by atoms with van der Waals surface area (Å²) in [6.45, 7) is 2.11. The Morgan fingerprint density at radius 1 is 0.938 bits per heavy atom. The van der Waals surface area contributed by atoms with Crippen molar-refractivity contribution in [2.75, 3.05) is 26.2 Å². The van der Waals surface area contributed by atoms with Crippen molar-refractivity contribution in [1.82, 2.24) is 14.8 Å². The van der Waals surface area contributed by atoms with Crippen LogP contribution in [0.15, 0.2) is 54.7 Å². The highest BCUT2D eigenvalue weighted by Gasteiger charge is 2.45. The largest absolute Gasteiger partial charge is 0.361 e. The highest BCUT2D eigenvalue weighted by atomic mass is 19.1. The molecule has 1 saturated heterocycles. The lowest BCUT2D eigenvalue weighted by Gasteiger charge is -2.40. The zero-order valence-corrected chi connectivity index (χ0v) is 18.1. The molecule has 1 aromatic heterocycles. The van der Waals surface area contributed by atoms with E-state index in [1.54, 1.807) is 6.07 Å². The first-order chi connectivity index (χ1) is 15.6. The number of nitrogens with one attached hydrogen (secondary N) is 1. The standard InChI is InChI=1S/C26H28FN3O2/c27-21-7-5-6-20(17-21)26(10-3-4-11-26)25(32)30-14-12-29(13-15-30)24(31)16-19-18-28-23-9-2-1-8-22(19)23/h1-2,5-9,17-18,28H,3-4,10-16H2. The average Bonchev–Trinajstić information content (AvgIpc) is 3.47. The molecule has 0 radical (unpaired) electrons. The van der Waals surface area contributed by atoms with E-state index in [9.17, 15) is 14.0 Å². The Hall–Kier alpha value is -3.15. The van der Waals surface area contributed by atoms with E-state index in [1.807, 2.05) is 46.3 Å². The van der Waals surface area contributed by atoms with Gasteiger partial charge in [-0.2, -0.15) is 0 Å². The van der Waals surface area contributed by atoms with E-state index in [-0.39, 0.29) is 17.6 Å². The summed E-state index contributed by atoms with van der Waals surface area (Å²) in [5.74, 6) is -0.124. The molecule has 0 atom stereocenters. The Labute approximate surface area is 187 Å². The monoisotopic (exact) mass is 433 g/mol. The summed E-state index contributed by atoms with van der Waals surface area (Å²) >= 11 is 0. The summed E-state index contributed by atoms with van der Waals surface area (Å²) in [5, 5.41) is 1.08. The third-order valence-corrected chi connectivity index (χ3v) is 7.18. The SMILES string of the molecule is O=C(Cc1c[nH]c2ccccc12)N1CCN(C(=O)C2(c3cccc(F)c3)CCCC2)CC1. The van der Waals surface area contributed by atoms with Gasteiger partial charge in [0.2, 0.25) is 11.8 Å². The predicted octanol–water partition coefficient (Wildman–Crippen LogP) is 4.03. The molecule has 5 nitrogen and oxygen atoms in total. The van der Waals surface area contributed by atoms with E-state index >= 15 is 0 Å². The van der Waals surface area contributed by atoms with Crippen molar-refractivity contribution in [3.8, 4) is 0 Å². The van der Waals surface area contributed by atoms with Crippen molar-refractivity contribution >= 4 is 22.7 Å². The summed E-state index contributed by atoms with van der Waals surface area (Å²) in [6, 6.07) is 14.5. The quantitative estimate of drug-likeness (QED) is 0.675. The van der Waals surface area contributed by atoms with Crippen molar-refractivity contribution in [2.45, 2.75) is 37.5 Å². The molecule has 2 aromatic carbocycles. The molecule has 0 unspecified atom stereocenters. The molecule has 2 heterocycles. The Morgan fingerprint density at radius 2 is 1.66 bits per heavy atom. The molecule has 1 aliphatic carbocycles. The Kier molecular flexibility index (Phi) is 5.45. The maximum atomic E-state index is 13.9. The number of piperazine rings is 1. The van der Waals surface area contributed by atoms with Crippen molar-refractivity contribution in [3.05, 3.63) is 71.7 Å². The van der Waals surface area contributed by atoms with Crippen LogP contribution in [0.2, 0.25) is 0 Å². The number of amides is 2. The molecule has 2 amide bonds. The number of carbonyl (C=O) groups is 2. The van der Waals surface area contributed by atoms with Gasteiger partial charge in [0.15, 0.2) is 0 Å². The second kappa shape index (κ2) is 8.41. The smallest absolute Gasteiger partial charge is 0.233 e. The number of aromatic amines is 1. The topological polar surface area (TPSA) is 56.4 Å². The number of carbonyl (C=O) groups excluding carboxylic acids is 2. The van der Waals surface area contributed by atoms with Gasteiger partial charge in [-0.15, -0.1) is 0 Å². The fraction of sp³-hybridized carbons (Fsp3) is 0.385. The third kappa shape index (κ3) is 3.68. The molecule has 2 aliphatic rings. The minimum atomic E-state index is -0.627. The van der Waals surface area contributed by atoms with Gasteiger partial charge in [0.1, 0.15) is 5.82 Å². The van der Waals surface area contributed by atoms with Crippen LogP contribution in [0, 0.1) is 5.82 Å². The lowest BCUT2D eigenvalue weighted by atomic mass is 9.77. The molecule has 1 N–H and O–H groups in total. The van der Waals surface area contributed by atoms with Crippen LogP contribution < -0.4 is 0 Å². The van der Waals surface area contributed by atoms with Crippen LogP contribution in [-0.2, 0) is 21.4 Å². The number of halogens is 1. The summed E-state index contributed by atoms with van der Waals surface area (Å²) in [5.41, 5.74) is 2.20. The van der Waals surface area contributed by atoms with Crippen LogP contribution >= 0.6 is 0 Å². The van der Waals surface area contributed by atoms with Crippen molar-refractivity contribution in [2.24, 2.45) is 0 Å². The van der Waals surface area contributed by atoms with Crippen molar-refractivity contribution in [3.63, 3.8) is 0 Å². The number of fused-ring (bicyclic) bond motifs is 1. The number of para-hydroxylation sites is 1. The highest BCUT2D eigenvalue weighted by Crippen LogP contribution is 2.43. The van der Waals surface area contributed by atoms with Crippen LogP contribution in [0.5, 0.6) is 0 Å². The summed E-state index contributed by atoms with van der Waals surface area (Å²) in [7, 11) is 0. The molecule has 3 aromatic rings. The fourth-order valence-electron chi connectivity index (χ4n) is 5.40. The maximum Gasteiger partial charge on any atom is 0.233 e. The summed E-state index contributed by atoms with van der Waals surface area (Å²) in [6.07, 6.45) is 5.73. The Balaban J connectivity index is 1.25. The number of hydrogen-bond acceptors (Lipinski definition) is 2. The lowest BCUT2D eigenvalue weighted by Crippen LogP contribution is -2.55. The first kappa shape index (κ1) is 20.7. The molecule has 0 bridgehead atoms. The number of nitrogens with zero attached hydrogens (tertiary/aromatic N) is 2. The third-order valence-electron chi connectivity index (χ3n) is 7.18. The first-order valence-electron chi connectivity index (χ1n) is 11.4. The molecule has 1 aliphatic heterocycles. The lowest BCUT2D eigenvalue weighted by molar-refractivity contribution is -0.143. The second-order valence-electron chi connectivity index (χ2n) is 9.01. The zero-order valence-electron chi connectivity index (χ0n) is 18.1. The number of H-pyrrole nitrogens is 1. The van der Waals surface area contributed by atoms with Gasteiger partial charge >= 0.3 is 0 Å². The van der Waals surface area contributed by atoms with E-state index < -0.39 is 5.41 Å². The molecule has 1 saturated carbocycles. The highest BCUT2D eigenvalue weighted by molar-refractivity contribution is 5.90. The van der Waals surface area contributed by atoms with Crippen LogP contribution in [-0.4, -0.2) is 52.8 Å². The summed E-state index contributed by atoms with van der Waals surface area (Å²) < 4.78 is 13.9. The first-order valence-corrected chi connectivity index (χ1v) is 11.4. The molecular weight excluding hydrogens is 405 g/mol. The van der Waals surface area contributed by atoms with Gasteiger partial charge in [-0.3, -0.25) is 9.59 Å². The van der Waals surface area contributed by atoms with Gasteiger partial charge < -0.3 is 14.8 Å².